The van der Waals surface area contributed by atoms with Gasteiger partial charge in [0.05, 0.1) is 24.4 Å². The molecular weight excluding hydrogens is 453 g/mol. The molecule has 1 atom stereocenters. The molecule has 182 valence electrons. The third-order valence-corrected chi connectivity index (χ3v) is 5.84. The molecule has 0 aromatic carbocycles. The van der Waals surface area contributed by atoms with Gasteiger partial charge in [-0.2, -0.15) is 18.3 Å². The Hall–Kier alpha value is -3.77. The second-order valence-corrected chi connectivity index (χ2v) is 7.95. The molecule has 0 aliphatic carbocycles. The maximum Gasteiger partial charge on any atom is 0.437 e. The summed E-state index contributed by atoms with van der Waals surface area (Å²) in [5.74, 6) is -0.247. The van der Waals surface area contributed by atoms with E-state index in [4.69, 9.17) is 10.5 Å². The number of nitrogen functional groups attached to an aromatic ring is 1. The number of aryl methyl sites for hydroxylation is 1. The number of alkyl halides is 3. The van der Waals surface area contributed by atoms with Crippen LogP contribution in [-0.2, 0) is 13.2 Å². The number of aromatic nitrogens is 4. The Kier molecular flexibility index (Phi) is 6.11. The Morgan fingerprint density at radius 3 is 2.74 bits per heavy atom. The van der Waals surface area contributed by atoms with E-state index >= 15 is 0 Å². The van der Waals surface area contributed by atoms with Crippen LogP contribution in [0.25, 0.3) is 11.0 Å². The molecule has 0 saturated carbocycles. The lowest BCUT2D eigenvalue weighted by Gasteiger charge is -2.42. The number of halogens is 3. The van der Waals surface area contributed by atoms with Gasteiger partial charge in [0, 0.05) is 38.8 Å². The number of hydrogen-bond acceptors (Lipinski definition) is 7. The molecule has 1 saturated heterocycles. The topological polar surface area (TPSA) is 114 Å². The summed E-state index contributed by atoms with van der Waals surface area (Å²) in [6.45, 7) is 3.23. The highest BCUT2D eigenvalue weighted by molar-refractivity contribution is 5.92. The van der Waals surface area contributed by atoms with Gasteiger partial charge in [0.2, 0.25) is 0 Å². The lowest BCUT2D eigenvalue weighted by atomic mass is 10.1. The van der Waals surface area contributed by atoms with Crippen molar-refractivity contribution in [1.82, 2.24) is 24.6 Å². The molecule has 10 nitrogen and oxygen atoms in total. The van der Waals surface area contributed by atoms with E-state index in [1.54, 1.807) is 28.9 Å². The van der Waals surface area contributed by atoms with Crippen LogP contribution in [-0.4, -0.2) is 63.5 Å². The summed E-state index contributed by atoms with van der Waals surface area (Å²) in [5.41, 5.74) is 6.37. The van der Waals surface area contributed by atoms with Crippen LogP contribution >= 0.6 is 0 Å². The number of ether oxygens (including phenoxy) is 1. The van der Waals surface area contributed by atoms with Crippen molar-refractivity contribution in [3.05, 3.63) is 30.1 Å². The van der Waals surface area contributed by atoms with Crippen molar-refractivity contribution in [3.63, 3.8) is 0 Å². The monoisotopic (exact) mass is 478 g/mol. The molecule has 1 aliphatic heterocycles. The molecule has 34 heavy (non-hydrogen) atoms. The number of methoxy groups -OCH3 is 1. The molecule has 3 aromatic rings. The first-order valence-electron chi connectivity index (χ1n) is 10.6. The number of nitrogens with zero attached hydrogens (tertiary/aromatic N) is 6. The van der Waals surface area contributed by atoms with Crippen LogP contribution in [0.5, 0.6) is 5.75 Å². The summed E-state index contributed by atoms with van der Waals surface area (Å²) in [4.78, 5) is 24.5. The van der Waals surface area contributed by atoms with Gasteiger partial charge in [0.1, 0.15) is 17.4 Å². The van der Waals surface area contributed by atoms with Crippen molar-refractivity contribution in [2.24, 2.45) is 7.05 Å². The van der Waals surface area contributed by atoms with Crippen LogP contribution < -0.4 is 20.7 Å². The number of piperazine rings is 1. The molecule has 2 amide bonds. The smallest absolute Gasteiger partial charge is 0.437 e. The molecule has 0 spiro atoms. The van der Waals surface area contributed by atoms with Crippen LogP contribution in [0.1, 0.15) is 19.0 Å². The number of anilines is 3. The van der Waals surface area contributed by atoms with Crippen molar-refractivity contribution in [2.45, 2.75) is 25.6 Å². The number of rotatable bonds is 4. The van der Waals surface area contributed by atoms with Gasteiger partial charge in [0.25, 0.3) is 0 Å². The van der Waals surface area contributed by atoms with Gasteiger partial charge >= 0.3 is 12.2 Å². The molecule has 4 rings (SSSR count). The number of nitrogens with two attached hydrogens (primary N) is 1. The van der Waals surface area contributed by atoms with Crippen molar-refractivity contribution < 1.29 is 22.7 Å². The van der Waals surface area contributed by atoms with Crippen LogP contribution in [0, 0.1) is 0 Å². The number of nitrogens with one attached hydrogen (secondary N) is 1. The molecule has 0 radical (unpaired) electrons. The quantitative estimate of drug-likeness (QED) is 0.592. The first-order valence-corrected chi connectivity index (χ1v) is 10.6. The van der Waals surface area contributed by atoms with E-state index in [0.29, 0.717) is 31.1 Å². The number of amides is 2. The minimum atomic E-state index is -4.71. The Morgan fingerprint density at radius 1 is 1.29 bits per heavy atom. The van der Waals surface area contributed by atoms with Crippen molar-refractivity contribution in [2.75, 3.05) is 42.7 Å². The second-order valence-electron chi connectivity index (χ2n) is 7.95. The fourth-order valence-electron chi connectivity index (χ4n) is 4.13. The lowest BCUT2D eigenvalue weighted by molar-refractivity contribution is -0.142. The number of urea groups is 1. The predicted octanol–water partition coefficient (Wildman–Crippen LogP) is 3.11. The maximum absolute atomic E-state index is 13.3. The van der Waals surface area contributed by atoms with Crippen LogP contribution in [0.4, 0.5) is 35.3 Å². The lowest BCUT2D eigenvalue weighted by Crippen LogP contribution is -2.55. The molecule has 0 bridgehead atoms. The summed E-state index contributed by atoms with van der Waals surface area (Å²) in [6.07, 6.45) is -2.25. The average Bonchev–Trinajstić information content (AvgIpc) is 3.17. The second kappa shape index (κ2) is 8.88. The zero-order valence-electron chi connectivity index (χ0n) is 18.9. The summed E-state index contributed by atoms with van der Waals surface area (Å²) < 4.78 is 46.2. The Morgan fingerprint density at radius 2 is 2.06 bits per heavy atom. The summed E-state index contributed by atoms with van der Waals surface area (Å²) in [7, 11) is 2.92. The Balaban J connectivity index is 1.52. The molecule has 3 aromatic heterocycles. The van der Waals surface area contributed by atoms with Crippen molar-refractivity contribution in [1.29, 1.82) is 0 Å². The zero-order valence-corrected chi connectivity index (χ0v) is 18.9. The molecule has 4 heterocycles. The maximum atomic E-state index is 13.3. The third kappa shape index (κ3) is 4.37. The highest BCUT2D eigenvalue weighted by Crippen LogP contribution is 2.35. The van der Waals surface area contributed by atoms with Gasteiger partial charge in [-0.1, -0.05) is 6.92 Å². The molecule has 1 aliphatic rings. The number of carbonyl (C=O) groups excluding carboxylic acids is 1. The standard InChI is InChI=1S/C21H25F3N8O2/c1-4-12-11-31(20(33)29-17-6-5-15(34-3)18(28-17)21(22,23)24)7-8-32(12)14-9-16(25)27-19-13(14)10-26-30(19)2/h5-6,9-10,12H,4,7-8,11H2,1-3H3,(H2,25,27)(H,28,29,33)/t12-/m0/s1. The zero-order chi connectivity index (χ0) is 24.6. The minimum absolute atomic E-state index is 0.0423. The van der Waals surface area contributed by atoms with Gasteiger partial charge < -0.3 is 20.3 Å². The highest BCUT2D eigenvalue weighted by Gasteiger charge is 2.37. The Bertz CT molecular complexity index is 1210. The number of pyridine rings is 2. The van der Waals surface area contributed by atoms with E-state index in [9.17, 15) is 18.0 Å². The van der Waals surface area contributed by atoms with Gasteiger partial charge in [-0.25, -0.2) is 14.8 Å². The predicted molar refractivity (Wildman–Crippen MR) is 121 cm³/mol. The molecule has 0 unspecified atom stereocenters. The first kappa shape index (κ1) is 23.4. The van der Waals surface area contributed by atoms with E-state index < -0.39 is 23.7 Å². The number of hydrogen-bond donors (Lipinski definition) is 2. The normalized spacial score (nSPS) is 16.7. The average molecular weight is 478 g/mol. The summed E-state index contributed by atoms with van der Waals surface area (Å²) in [5, 5.41) is 7.60. The SMILES string of the molecule is CC[C@H]1CN(C(=O)Nc2ccc(OC)c(C(F)(F)F)n2)CCN1c1cc(N)nc2c1cnn2C. The fourth-order valence-corrected chi connectivity index (χ4v) is 4.13. The minimum Gasteiger partial charge on any atom is -0.494 e. The number of carbonyl (C=O) groups is 1. The van der Waals surface area contributed by atoms with E-state index in [-0.39, 0.29) is 11.9 Å². The van der Waals surface area contributed by atoms with Crippen molar-refractivity contribution in [3.8, 4) is 5.75 Å². The Labute approximate surface area is 193 Å². The highest BCUT2D eigenvalue weighted by atomic mass is 19.4. The van der Waals surface area contributed by atoms with Gasteiger partial charge in [-0.3, -0.25) is 10.00 Å². The summed E-state index contributed by atoms with van der Waals surface area (Å²) in [6, 6.07) is 3.63. The summed E-state index contributed by atoms with van der Waals surface area (Å²) >= 11 is 0. The first-order chi connectivity index (χ1) is 16.1. The van der Waals surface area contributed by atoms with Gasteiger partial charge in [0.15, 0.2) is 11.3 Å². The van der Waals surface area contributed by atoms with Crippen LogP contribution in [0.3, 0.4) is 0 Å². The largest absolute Gasteiger partial charge is 0.494 e. The molecule has 13 heteroatoms. The van der Waals surface area contributed by atoms with E-state index in [0.717, 1.165) is 30.7 Å². The van der Waals surface area contributed by atoms with Crippen LogP contribution in [0.15, 0.2) is 24.4 Å². The number of fused-ring (bicyclic) bond motifs is 1. The molecular formula is C21H25F3N8O2. The van der Waals surface area contributed by atoms with Crippen molar-refractivity contribution >= 4 is 34.4 Å². The van der Waals surface area contributed by atoms with Gasteiger partial charge in [-0.05, 0) is 18.6 Å². The fraction of sp³-hybridized carbons (Fsp3) is 0.429. The third-order valence-electron chi connectivity index (χ3n) is 5.84. The molecule has 3 N–H and O–H groups in total. The van der Waals surface area contributed by atoms with E-state index in [2.05, 4.69) is 25.3 Å². The molecule has 1 fully saturated rings. The van der Waals surface area contributed by atoms with E-state index in [1.165, 1.54) is 6.07 Å². The van der Waals surface area contributed by atoms with Gasteiger partial charge in [-0.15, -0.1) is 0 Å². The van der Waals surface area contributed by atoms with Crippen LogP contribution in [0.2, 0.25) is 0 Å². The van der Waals surface area contributed by atoms with E-state index in [1.807, 2.05) is 6.92 Å².